The van der Waals surface area contributed by atoms with Gasteiger partial charge in [0.2, 0.25) is 0 Å². The van der Waals surface area contributed by atoms with Gasteiger partial charge in [-0.3, -0.25) is 14.4 Å². The fourth-order valence-corrected chi connectivity index (χ4v) is 4.82. The van der Waals surface area contributed by atoms with Gasteiger partial charge in [-0.25, -0.2) is 0 Å². The monoisotopic (exact) mass is 498 g/mol. The van der Waals surface area contributed by atoms with E-state index in [-0.39, 0.29) is 24.1 Å². The maximum absolute atomic E-state index is 11.6. The standard InChI is InChI=1S/C28H51NO6/c1-5-6-7-8-9-10-11-12-13-14-15-16-17-18-19-29(20-23(2)26(30)31,21-24(3)27(32)33)22-25(4)28(34)35/h9-10,23-25H,5-8,11-22H2,1-4H3,(H2-,30,31,32,33,34,35)/p+1/b10-9+. The van der Waals surface area contributed by atoms with E-state index in [2.05, 4.69) is 19.1 Å². The molecule has 0 spiro atoms. The second-order valence-corrected chi connectivity index (χ2v) is 10.6. The van der Waals surface area contributed by atoms with Gasteiger partial charge in [-0.15, -0.1) is 0 Å². The SMILES string of the molecule is CCCCC/C=C/CCCCCCCCC[N+](CC(C)C(=O)O)(CC(C)C(=O)O)CC(C)C(=O)O. The number of hydrogen-bond donors (Lipinski definition) is 3. The van der Waals surface area contributed by atoms with E-state index >= 15 is 0 Å². The molecule has 3 N–H and O–H groups in total. The predicted molar refractivity (Wildman–Crippen MR) is 140 cm³/mol. The first-order chi connectivity index (χ1) is 16.5. The summed E-state index contributed by atoms with van der Waals surface area (Å²) in [5.74, 6) is -4.81. The number of aliphatic carboxylic acids is 3. The van der Waals surface area contributed by atoms with Gasteiger partial charge in [0.15, 0.2) is 0 Å². The van der Waals surface area contributed by atoms with Crippen molar-refractivity contribution in [3.8, 4) is 0 Å². The summed E-state index contributed by atoms with van der Waals surface area (Å²) in [6.45, 7) is 8.42. The molecule has 0 saturated heterocycles. The summed E-state index contributed by atoms with van der Waals surface area (Å²) in [5.41, 5.74) is 0. The highest BCUT2D eigenvalue weighted by Crippen LogP contribution is 2.22. The first-order valence-corrected chi connectivity index (χ1v) is 13.7. The first-order valence-electron chi connectivity index (χ1n) is 13.7. The Kier molecular flexibility index (Phi) is 18.3. The molecule has 0 rings (SSSR count). The van der Waals surface area contributed by atoms with Crippen LogP contribution in [0.2, 0.25) is 0 Å². The lowest BCUT2D eigenvalue weighted by Crippen LogP contribution is -2.57. The Morgan fingerprint density at radius 3 is 1.31 bits per heavy atom. The van der Waals surface area contributed by atoms with Crippen LogP contribution in [-0.4, -0.2) is 63.9 Å². The molecule has 0 aliphatic carbocycles. The van der Waals surface area contributed by atoms with Gasteiger partial charge in [-0.05, 0) is 59.3 Å². The van der Waals surface area contributed by atoms with Gasteiger partial charge in [0.25, 0.3) is 0 Å². The number of carboxylic acids is 3. The summed E-state index contributed by atoms with van der Waals surface area (Å²) in [5, 5.41) is 28.4. The summed E-state index contributed by atoms with van der Waals surface area (Å²) >= 11 is 0. The fourth-order valence-electron chi connectivity index (χ4n) is 4.82. The van der Waals surface area contributed by atoms with Crippen molar-refractivity contribution in [2.45, 2.75) is 105 Å². The fraction of sp³-hybridized carbons (Fsp3) is 0.821. The molecule has 0 heterocycles. The van der Waals surface area contributed by atoms with E-state index in [1.165, 1.54) is 44.9 Å². The van der Waals surface area contributed by atoms with Crippen molar-refractivity contribution in [2.75, 3.05) is 26.2 Å². The van der Waals surface area contributed by atoms with Crippen LogP contribution in [0.15, 0.2) is 12.2 Å². The number of unbranched alkanes of at least 4 members (excludes halogenated alkanes) is 10. The number of rotatable bonds is 23. The van der Waals surface area contributed by atoms with Gasteiger partial charge in [-0.1, -0.05) is 57.6 Å². The molecule has 0 aliphatic rings. The smallest absolute Gasteiger partial charge is 0.311 e. The van der Waals surface area contributed by atoms with E-state index in [0.717, 1.165) is 32.1 Å². The van der Waals surface area contributed by atoms with Crippen molar-refractivity contribution >= 4 is 17.9 Å². The van der Waals surface area contributed by atoms with Gasteiger partial charge in [-0.2, -0.15) is 0 Å². The van der Waals surface area contributed by atoms with Crippen LogP contribution in [-0.2, 0) is 14.4 Å². The molecule has 0 bridgehead atoms. The lowest BCUT2D eigenvalue weighted by atomic mass is 10.0. The highest BCUT2D eigenvalue weighted by atomic mass is 16.4. The average molecular weight is 499 g/mol. The van der Waals surface area contributed by atoms with Crippen molar-refractivity contribution in [2.24, 2.45) is 17.8 Å². The van der Waals surface area contributed by atoms with E-state index < -0.39 is 35.7 Å². The first kappa shape index (κ1) is 33.1. The highest BCUT2D eigenvalue weighted by molar-refractivity contribution is 5.70. The Morgan fingerprint density at radius 2 is 0.943 bits per heavy atom. The Balaban J connectivity index is 4.68. The zero-order valence-electron chi connectivity index (χ0n) is 22.7. The molecule has 35 heavy (non-hydrogen) atoms. The highest BCUT2D eigenvalue weighted by Gasteiger charge is 2.38. The Labute approximate surface area is 213 Å². The molecule has 3 unspecified atom stereocenters. The summed E-state index contributed by atoms with van der Waals surface area (Å²) in [7, 11) is 0. The zero-order chi connectivity index (χ0) is 26.7. The van der Waals surface area contributed by atoms with Gasteiger partial charge < -0.3 is 19.8 Å². The van der Waals surface area contributed by atoms with E-state index in [1.54, 1.807) is 20.8 Å². The Bertz CT molecular complexity index is 578. The third-order valence-corrected chi connectivity index (χ3v) is 6.89. The summed E-state index contributed by atoms with van der Waals surface area (Å²) in [6, 6.07) is 0. The maximum atomic E-state index is 11.6. The van der Waals surface area contributed by atoms with E-state index in [4.69, 9.17) is 0 Å². The molecule has 0 radical (unpaired) electrons. The van der Waals surface area contributed by atoms with Crippen molar-refractivity contribution in [3.63, 3.8) is 0 Å². The molecule has 0 fully saturated rings. The minimum absolute atomic E-state index is 0.221. The minimum atomic E-state index is -0.936. The van der Waals surface area contributed by atoms with E-state index in [1.807, 2.05) is 0 Å². The van der Waals surface area contributed by atoms with Crippen molar-refractivity contribution in [1.82, 2.24) is 0 Å². The van der Waals surface area contributed by atoms with Crippen LogP contribution in [0, 0.1) is 17.8 Å². The van der Waals surface area contributed by atoms with E-state index in [0.29, 0.717) is 6.54 Å². The third kappa shape index (κ3) is 16.4. The van der Waals surface area contributed by atoms with Gasteiger partial charge in [0.05, 0.1) is 26.2 Å². The number of nitrogens with zero attached hydrogens (tertiary/aromatic N) is 1. The lowest BCUT2D eigenvalue weighted by molar-refractivity contribution is -0.934. The molecule has 204 valence electrons. The minimum Gasteiger partial charge on any atom is -0.481 e. The largest absolute Gasteiger partial charge is 0.481 e. The molecular weight excluding hydrogens is 446 g/mol. The normalized spacial score (nSPS) is 16.0. The van der Waals surface area contributed by atoms with Crippen LogP contribution >= 0.6 is 0 Å². The van der Waals surface area contributed by atoms with Crippen molar-refractivity contribution in [1.29, 1.82) is 0 Å². The molecule has 0 saturated carbocycles. The van der Waals surface area contributed by atoms with Gasteiger partial charge in [0, 0.05) is 0 Å². The van der Waals surface area contributed by atoms with Crippen LogP contribution in [0.1, 0.15) is 105 Å². The molecule has 0 aromatic rings. The molecule has 0 aliphatic heterocycles. The zero-order valence-corrected chi connectivity index (χ0v) is 22.7. The number of carboxylic acid groups (broad SMARTS) is 3. The Morgan fingerprint density at radius 1 is 0.600 bits per heavy atom. The van der Waals surface area contributed by atoms with Crippen LogP contribution in [0.4, 0.5) is 0 Å². The molecule has 0 aromatic heterocycles. The molecule has 7 nitrogen and oxygen atoms in total. The molecule has 0 amide bonds. The number of allylic oxidation sites excluding steroid dienone is 2. The topological polar surface area (TPSA) is 112 Å². The van der Waals surface area contributed by atoms with Crippen LogP contribution in [0.25, 0.3) is 0 Å². The predicted octanol–water partition coefficient (Wildman–Crippen LogP) is 6.22. The van der Waals surface area contributed by atoms with Gasteiger partial charge >= 0.3 is 17.9 Å². The molecule has 3 atom stereocenters. The molecular formula is C28H52NO6+. The summed E-state index contributed by atoms with van der Waals surface area (Å²) in [6.07, 6.45) is 18.5. The Hall–Kier alpha value is -1.89. The van der Waals surface area contributed by atoms with Crippen molar-refractivity contribution < 1.29 is 34.2 Å². The van der Waals surface area contributed by atoms with Crippen molar-refractivity contribution in [3.05, 3.63) is 12.2 Å². The summed E-state index contributed by atoms with van der Waals surface area (Å²) in [4.78, 5) is 34.7. The quantitative estimate of drug-likeness (QED) is 0.0875. The maximum Gasteiger partial charge on any atom is 0.311 e. The third-order valence-electron chi connectivity index (χ3n) is 6.89. The number of quaternary nitrogens is 1. The molecule has 0 aromatic carbocycles. The van der Waals surface area contributed by atoms with Crippen LogP contribution in [0.3, 0.4) is 0 Å². The van der Waals surface area contributed by atoms with Gasteiger partial charge in [0.1, 0.15) is 17.8 Å². The van der Waals surface area contributed by atoms with Crippen LogP contribution < -0.4 is 0 Å². The number of hydrogen-bond acceptors (Lipinski definition) is 3. The van der Waals surface area contributed by atoms with E-state index in [9.17, 15) is 29.7 Å². The second kappa shape index (κ2) is 19.3. The number of carbonyl (C=O) groups is 3. The lowest BCUT2D eigenvalue weighted by Gasteiger charge is -2.42. The summed E-state index contributed by atoms with van der Waals surface area (Å²) < 4.78 is 0.221. The van der Waals surface area contributed by atoms with Crippen LogP contribution in [0.5, 0.6) is 0 Å². The second-order valence-electron chi connectivity index (χ2n) is 10.6. The average Bonchev–Trinajstić information content (AvgIpc) is 2.78. The molecule has 7 heteroatoms.